The molecule has 5 nitrogen and oxygen atoms in total. The van der Waals surface area contributed by atoms with E-state index in [2.05, 4.69) is 15.4 Å². The first-order valence-electron chi connectivity index (χ1n) is 8.71. The molecule has 0 saturated carbocycles. The zero-order valence-electron chi connectivity index (χ0n) is 14.7. The Morgan fingerprint density at radius 3 is 2.79 bits per heavy atom. The van der Waals surface area contributed by atoms with Gasteiger partial charge in [-0.25, -0.2) is 13.8 Å². The van der Waals surface area contributed by atoms with Crippen LogP contribution in [-0.2, 0) is 4.79 Å². The Hall–Kier alpha value is -3.13. The number of amides is 1. The lowest BCUT2D eigenvalue weighted by molar-refractivity contribution is -0.116. The quantitative estimate of drug-likeness (QED) is 0.541. The van der Waals surface area contributed by atoms with Crippen LogP contribution in [0.5, 0.6) is 0 Å². The summed E-state index contributed by atoms with van der Waals surface area (Å²) >= 11 is 1.47. The molecule has 0 saturated heterocycles. The maximum Gasteiger partial charge on any atom is 0.226 e. The first-order chi connectivity index (χ1) is 13.5. The summed E-state index contributed by atoms with van der Waals surface area (Å²) in [7, 11) is 0. The van der Waals surface area contributed by atoms with Gasteiger partial charge in [-0.2, -0.15) is 9.78 Å². The summed E-state index contributed by atoms with van der Waals surface area (Å²) in [4.78, 5) is 17.0. The van der Waals surface area contributed by atoms with Crippen LogP contribution in [-0.4, -0.2) is 20.7 Å². The van der Waals surface area contributed by atoms with Crippen LogP contribution in [0.4, 0.5) is 14.6 Å². The van der Waals surface area contributed by atoms with E-state index in [0.29, 0.717) is 22.2 Å². The lowest BCUT2D eigenvalue weighted by Crippen LogP contribution is -2.25. The molecule has 0 spiro atoms. The summed E-state index contributed by atoms with van der Waals surface area (Å²) in [5.41, 5.74) is 2.90. The number of aromatic nitrogens is 3. The van der Waals surface area contributed by atoms with E-state index in [-0.39, 0.29) is 12.3 Å². The molecule has 1 N–H and O–H groups in total. The van der Waals surface area contributed by atoms with Crippen LogP contribution in [0.3, 0.4) is 0 Å². The van der Waals surface area contributed by atoms with Crippen molar-refractivity contribution in [1.29, 1.82) is 0 Å². The molecule has 3 heterocycles. The minimum Gasteiger partial charge on any atom is -0.310 e. The Bertz CT molecular complexity index is 1210. The SMILES string of the molecule is Cc1nn(-c2nc3ccccc3s2)c2c1[C@@H](c1ccc(F)c(F)c1)CC(=O)N2. The number of anilines is 1. The number of hydrogen-bond acceptors (Lipinski definition) is 4. The maximum atomic E-state index is 13.8. The molecule has 4 aromatic rings. The molecule has 0 bridgehead atoms. The van der Waals surface area contributed by atoms with Crippen molar-refractivity contribution in [1.82, 2.24) is 14.8 Å². The van der Waals surface area contributed by atoms with Gasteiger partial charge in [-0.15, -0.1) is 0 Å². The molecular formula is C20H14F2N4OS. The molecule has 1 atom stereocenters. The lowest BCUT2D eigenvalue weighted by Gasteiger charge is -2.24. The van der Waals surface area contributed by atoms with Crippen molar-refractivity contribution in [2.24, 2.45) is 0 Å². The maximum absolute atomic E-state index is 13.8. The highest BCUT2D eigenvalue weighted by molar-refractivity contribution is 7.20. The van der Waals surface area contributed by atoms with Crippen molar-refractivity contribution in [3.8, 4) is 5.13 Å². The Kier molecular flexibility index (Phi) is 3.77. The second-order valence-electron chi connectivity index (χ2n) is 6.70. The molecule has 2 aromatic heterocycles. The van der Waals surface area contributed by atoms with E-state index >= 15 is 0 Å². The van der Waals surface area contributed by atoms with Gasteiger partial charge in [0.05, 0.1) is 15.9 Å². The lowest BCUT2D eigenvalue weighted by atomic mass is 9.86. The second-order valence-corrected chi connectivity index (χ2v) is 7.71. The first kappa shape index (κ1) is 17.0. The van der Waals surface area contributed by atoms with Gasteiger partial charge >= 0.3 is 0 Å². The number of hydrogen-bond donors (Lipinski definition) is 1. The number of benzene rings is 2. The number of nitrogens with zero attached hydrogens (tertiary/aromatic N) is 3. The van der Waals surface area contributed by atoms with Gasteiger partial charge in [-0.05, 0) is 36.8 Å². The molecule has 140 valence electrons. The number of fused-ring (bicyclic) bond motifs is 2. The smallest absolute Gasteiger partial charge is 0.226 e. The summed E-state index contributed by atoms with van der Waals surface area (Å²) in [5.74, 6) is -1.92. The number of nitrogens with one attached hydrogen (secondary N) is 1. The number of carbonyl (C=O) groups excluding carboxylic acids is 1. The fraction of sp³-hybridized carbons (Fsp3) is 0.150. The number of carbonyl (C=O) groups is 1. The minimum absolute atomic E-state index is 0.143. The van der Waals surface area contributed by atoms with Gasteiger partial charge < -0.3 is 5.32 Å². The van der Waals surface area contributed by atoms with Gasteiger partial charge in [0.1, 0.15) is 5.82 Å². The molecule has 2 aromatic carbocycles. The van der Waals surface area contributed by atoms with Crippen molar-refractivity contribution in [2.45, 2.75) is 19.3 Å². The first-order valence-corrected chi connectivity index (χ1v) is 9.53. The normalized spacial score (nSPS) is 16.2. The Labute approximate surface area is 162 Å². The van der Waals surface area contributed by atoms with Gasteiger partial charge in [0, 0.05) is 17.9 Å². The van der Waals surface area contributed by atoms with E-state index in [0.717, 1.165) is 27.9 Å². The number of para-hydroxylation sites is 1. The summed E-state index contributed by atoms with van der Waals surface area (Å²) in [5, 5.41) is 8.10. The van der Waals surface area contributed by atoms with Crippen molar-refractivity contribution >= 4 is 33.3 Å². The number of aryl methyl sites for hydroxylation is 1. The van der Waals surface area contributed by atoms with Crippen molar-refractivity contribution < 1.29 is 13.6 Å². The Balaban J connectivity index is 1.68. The molecule has 0 unspecified atom stereocenters. The van der Waals surface area contributed by atoms with E-state index < -0.39 is 17.6 Å². The number of thiazole rings is 1. The summed E-state index contributed by atoms with van der Waals surface area (Å²) in [6.45, 7) is 1.84. The predicted octanol–water partition coefficient (Wildman–Crippen LogP) is 4.54. The minimum atomic E-state index is -0.929. The van der Waals surface area contributed by atoms with Crippen LogP contribution in [0.1, 0.15) is 29.2 Å². The number of rotatable bonds is 2. The predicted molar refractivity (Wildman–Crippen MR) is 103 cm³/mol. The van der Waals surface area contributed by atoms with Gasteiger partial charge in [-0.1, -0.05) is 29.5 Å². The van der Waals surface area contributed by atoms with E-state index in [1.807, 2.05) is 31.2 Å². The molecule has 0 aliphatic carbocycles. The van der Waals surface area contributed by atoms with E-state index in [9.17, 15) is 13.6 Å². The van der Waals surface area contributed by atoms with Crippen molar-refractivity contribution in [2.75, 3.05) is 5.32 Å². The van der Waals surface area contributed by atoms with Gasteiger partial charge in [0.25, 0.3) is 0 Å². The Morgan fingerprint density at radius 2 is 2.00 bits per heavy atom. The van der Waals surface area contributed by atoms with Gasteiger partial charge in [0.2, 0.25) is 11.0 Å². The monoisotopic (exact) mass is 396 g/mol. The second kappa shape index (κ2) is 6.20. The fourth-order valence-corrected chi connectivity index (χ4v) is 4.57. The molecular weight excluding hydrogens is 382 g/mol. The van der Waals surface area contributed by atoms with Gasteiger partial charge in [0.15, 0.2) is 11.6 Å². The Morgan fingerprint density at radius 1 is 1.18 bits per heavy atom. The molecule has 1 amide bonds. The van der Waals surface area contributed by atoms with E-state index in [1.165, 1.54) is 17.4 Å². The van der Waals surface area contributed by atoms with Crippen LogP contribution < -0.4 is 5.32 Å². The summed E-state index contributed by atoms with van der Waals surface area (Å²) in [6, 6.07) is 11.5. The summed E-state index contributed by atoms with van der Waals surface area (Å²) < 4.78 is 29.8. The molecule has 0 fully saturated rings. The van der Waals surface area contributed by atoms with Crippen LogP contribution in [0.25, 0.3) is 15.3 Å². The van der Waals surface area contributed by atoms with Crippen LogP contribution in [0.15, 0.2) is 42.5 Å². The average molecular weight is 396 g/mol. The van der Waals surface area contributed by atoms with Gasteiger partial charge in [-0.3, -0.25) is 4.79 Å². The molecule has 8 heteroatoms. The highest BCUT2D eigenvalue weighted by Gasteiger charge is 2.33. The van der Waals surface area contributed by atoms with Crippen LogP contribution in [0, 0.1) is 18.6 Å². The summed E-state index contributed by atoms with van der Waals surface area (Å²) in [6.07, 6.45) is 0.143. The number of halogens is 2. The van der Waals surface area contributed by atoms with Crippen LogP contribution in [0.2, 0.25) is 0 Å². The van der Waals surface area contributed by atoms with E-state index in [1.54, 1.807) is 4.68 Å². The zero-order valence-corrected chi connectivity index (χ0v) is 15.6. The third-order valence-electron chi connectivity index (χ3n) is 4.91. The fourth-order valence-electron chi connectivity index (χ4n) is 3.65. The highest BCUT2D eigenvalue weighted by Crippen LogP contribution is 2.41. The van der Waals surface area contributed by atoms with E-state index in [4.69, 9.17) is 0 Å². The molecule has 1 aliphatic rings. The standard InChI is InChI=1S/C20H14F2N4OS/c1-10-18-12(11-6-7-13(21)14(22)8-11)9-17(27)24-19(18)26(25-10)20-23-15-4-2-3-5-16(15)28-20/h2-8,12H,9H2,1H3,(H,24,27)/t12-/m1/s1. The zero-order chi connectivity index (χ0) is 19.4. The van der Waals surface area contributed by atoms with Crippen molar-refractivity contribution in [3.05, 3.63) is 70.9 Å². The average Bonchev–Trinajstić information content (AvgIpc) is 3.24. The molecule has 0 radical (unpaired) electrons. The van der Waals surface area contributed by atoms with Crippen molar-refractivity contribution in [3.63, 3.8) is 0 Å². The molecule has 1 aliphatic heterocycles. The molecule has 5 rings (SSSR count). The third-order valence-corrected chi connectivity index (χ3v) is 5.92. The topological polar surface area (TPSA) is 59.8 Å². The molecule has 28 heavy (non-hydrogen) atoms. The largest absolute Gasteiger partial charge is 0.310 e. The van der Waals surface area contributed by atoms with Crippen LogP contribution >= 0.6 is 11.3 Å². The highest BCUT2D eigenvalue weighted by atomic mass is 32.1. The third kappa shape index (κ3) is 2.60.